The van der Waals surface area contributed by atoms with Crippen LogP contribution in [-0.2, 0) is 21.2 Å². The first-order chi connectivity index (χ1) is 12.0. The highest BCUT2D eigenvalue weighted by Crippen LogP contribution is 2.24. The Morgan fingerprint density at radius 2 is 1.81 bits per heavy atom. The highest BCUT2D eigenvalue weighted by molar-refractivity contribution is 7.91. The highest BCUT2D eigenvalue weighted by Gasteiger charge is 2.26. The normalized spacial score (nSPS) is 13.4. The van der Waals surface area contributed by atoms with E-state index in [1.807, 2.05) is 24.3 Å². The van der Waals surface area contributed by atoms with Crippen molar-refractivity contribution < 1.29 is 13.2 Å². The van der Waals surface area contributed by atoms with Gasteiger partial charge in [-0.3, -0.25) is 4.79 Å². The zero-order chi connectivity index (χ0) is 19.5. The highest BCUT2D eigenvalue weighted by atomic mass is 32.2. The van der Waals surface area contributed by atoms with Gasteiger partial charge in [-0.05, 0) is 24.5 Å². The average molecular weight is 397 g/mol. The lowest BCUT2D eigenvalue weighted by Gasteiger charge is -2.15. The van der Waals surface area contributed by atoms with E-state index < -0.39 is 21.5 Å². The van der Waals surface area contributed by atoms with E-state index >= 15 is 0 Å². The van der Waals surface area contributed by atoms with Gasteiger partial charge in [0.25, 0.3) is 10.0 Å². The first-order valence-electron chi connectivity index (χ1n) is 8.29. The number of sulfonamides is 1. The van der Waals surface area contributed by atoms with Crippen molar-refractivity contribution in [1.82, 2.24) is 14.9 Å². The van der Waals surface area contributed by atoms with Crippen LogP contribution in [0, 0.1) is 5.41 Å². The summed E-state index contributed by atoms with van der Waals surface area (Å²) in [6.45, 7) is 9.10. The number of nitrogens with one attached hydrogen (secondary N) is 2. The third-order valence-electron chi connectivity index (χ3n) is 3.76. The summed E-state index contributed by atoms with van der Waals surface area (Å²) in [5, 5.41) is 10.2. The SMILES string of the molecule is CCc1ccc(C(C)NS(=O)(=O)c2nnc(NC(=O)C(C)(C)C)s2)cc1. The summed E-state index contributed by atoms with van der Waals surface area (Å²) in [5.41, 5.74) is 1.44. The van der Waals surface area contributed by atoms with E-state index in [1.54, 1.807) is 27.7 Å². The van der Waals surface area contributed by atoms with Gasteiger partial charge in [0.15, 0.2) is 0 Å². The summed E-state index contributed by atoms with van der Waals surface area (Å²) in [4.78, 5) is 12.0. The van der Waals surface area contributed by atoms with Crippen molar-refractivity contribution in [3.05, 3.63) is 35.4 Å². The fourth-order valence-electron chi connectivity index (χ4n) is 2.05. The quantitative estimate of drug-likeness (QED) is 0.731. The first-order valence-corrected chi connectivity index (χ1v) is 10.6. The number of carbonyl (C=O) groups excluding carboxylic acids is 1. The Balaban J connectivity index is 2.11. The molecule has 0 fully saturated rings. The number of anilines is 1. The summed E-state index contributed by atoms with van der Waals surface area (Å²) in [7, 11) is -3.83. The predicted octanol–water partition coefficient (Wildman–Crippen LogP) is 3.12. The van der Waals surface area contributed by atoms with Crippen LogP contribution in [0.3, 0.4) is 0 Å². The second-order valence-corrected chi connectivity index (χ2v) is 9.88. The van der Waals surface area contributed by atoms with Gasteiger partial charge in [0.2, 0.25) is 15.4 Å². The van der Waals surface area contributed by atoms with Crippen LogP contribution in [0.4, 0.5) is 5.13 Å². The van der Waals surface area contributed by atoms with E-state index in [4.69, 9.17) is 0 Å². The van der Waals surface area contributed by atoms with Crippen molar-refractivity contribution >= 4 is 32.4 Å². The summed E-state index contributed by atoms with van der Waals surface area (Å²) in [6.07, 6.45) is 0.925. The molecule has 1 aromatic heterocycles. The molecule has 0 saturated carbocycles. The van der Waals surface area contributed by atoms with E-state index in [-0.39, 0.29) is 15.4 Å². The molecular weight excluding hydrogens is 372 g/mol. The van der Waals surface area contributed by atoms with Crippen LogP contribution in [0.2, 0.25) is 0 Å². The lowest BCUT2D eigenvalue weighted by atomic mass is 9.96. The number of benzene rings is 1. The minimum atomic E-state index is -3.83. The Kier molecular flexibility index (Phi) is 6.15. The van der Waals surface area contributed by atoms with Gasteiger partial charge >= 0.3 is 0 Å². The summed E-state index contributed by atoms with van der Waals surface area (Å²) in [5.74, 6) is -0.255. The van der Waals surface area contributed by atoms with E-state index in [0.717, 1.165) is 23.3 Å². The van der Waals surface area contributed by atoms with E-state index in [0.29, 0.717) is 0 Å². The van der Waals surface area contributed by atoms with Crippen molar-refractivity contribution in [1.29, 1.82) is 0 Å². The van der Waals surface area contributed by atoms with E-state index in [1.165, 1.54) is 5.56 Å². The third-order valence-corrected chi connectivity index (χ3v) is 6.50. The molecule has 2 rings (SSSR count). The molecule has 0 radical (unpaired) electrons. The molecule has 0 spiro atoms. The largest absolute Gasteiger partial charge is 0.300 e. The molecule has 1 atom stereocenters. The van der Waals surface area contributed by atoms with Gasteiger partial charge in [-0.25, -0.2) is 13.1 Å². The molecule has 9 heteroatoms. The lowest BCUT2D eigenvalue weighted by Crippen LogP contribution is -2.27. The van der Waals surface area contributed by atoms with E-state index in [9.17, 15) is 13.2 Å². The number of aryl methyl sites for hydroxylation is 1. The topological polar surface area (TPSA) is 101 Å². The molecule has 2 N–H and O–H groups in total. The molecule has 1 aromatic carbocycles. The van der Waals surface area contributed by atoms with Gasteiger partial charge in [0.1, 0.15) is 0 Å². The Hall–Kier alpha value is -1.84. The molecule has 0 aliphatic rings. The lowest BCUT2D eigenvalue weighted by molar-refractivity contribution is -0.123. The van der Waals surface area contributed by atoms with Crippen LogP contribution in [0.15, 0.2) is 28.6 Å². The average Bonchev–Trinajstić information content (AvgIpc) is 3.03. The van der Waals surface area contributed by atoms with Gasteiger partial charge < -0.3 is 5.32 Å². The van der Waals surface area contributed by atoms with Crippen LogP contribution in [0.25, 0.3) is 0 Å². The number of nitrogens with zero attached hydrogens (tertiary/aromatic N) is 2. The molecule has 1 amide bonds. The molecular formula is C17H24N4O3S2. The molecule has 2 aromatic rings. The van der Waals surface area contributed by atoms with Gasteiger partial charge in [-0.1, -0.05) is 63.3 Å². The van der Waals surface area contributed by atoms with Crippen LogP contribution >= 0.6 is 11.3 Å². The van der Waals surface area contributed by atoms with Crippen LogP contribution < -0.4 is 10.0 Å². The molecule has 0 aliphatic carbocycles. The van der Waals surface area contributed by atoms with Crippen molar-refractivity contribution in [3.63, 3.8) is 0 Å². The van der Waals surface area contributed by atoms with Crippen molar-refractivity contribution in [2.45, 2.75) is 51.4 Å². The van der Waals surface area contributed by atoms with Crippen LogP contribution in [0.1, 0.15) is 51.8 Å². The molecule has 0 bridgehead atoms. The predicted molar refractivity (Wildman–Crippen MR) is 103 cm³/mol. The Morgan fingerprint density at radius 1 is 1.19 bits per heavy atom. The summed E-state index contributed by atoms with van der Waals surface area (Å²) in [6, 6.07) is 7.35. The number of rotatable bonds is 6. The Morgan fingerprint density at radius 3 is 2.35 bits per heavy atom. The molecule has 26 heavy (non-hydrogen) atoms. The van der Waals surface area contributed by atoms with Gasteiger partial charge in [-0.2, -0.15) is 0 Å². The van der Waals surface area contributed by atoms with Crippen LogP contribution in [0.5, 0.6) is 0 Å². The second-order valence-electron chi connectivity index (χ2n) is 7.02. The standard InChI is InChI=1S/C17H24N4O3S2/c1-6-12-7-9-13(10-8-12)11(2)21-26(23,24)16-20-19-15(25-16)18-14(22)17(3,4)5/h7-11,21H,6H2,1-5H3,(H,18,19,22). The molecule has 0 saturated heterocycles. The van der Waals surface area contributed by atoms with Gasteiger partial charge in [0, 0.05) is 11.5 Å². The number of carbonyl (C=O) groups is 1. The molecule has 1 unspecified atom stereocenters. The molecule has 7 nitrogen and oxygen atoms in total. The summed E-state index contributed by atoms with van der Waals surface area (Å²) >= 11 is 0.823. The monoisotopic (exact) mass is 396 g/mol. The zero-order valence-electron chi connectivity index (χ0n) is 15.5. The fourth-order valence-corrected chi connectivity index (χ4v) is 4.19. The minimum Gasteiger partial charge on any atom is -0.300 e. The summed E-state index contributed by atoms with van der Waals surface area (Å²) < 4.78 is 27.4. The Bertz CT molecular complexity index is 868. The van der Waals surface area contributed by atoms with Crippen molar-refractivity contribution in [2.75, 3.05) is 5.32 Å². The van der Waals surface area contributed by atoms with Gasteiger partial charge in [0.05, 0.1) is 0 Å². The zero-order valence-corrected chi connectivity index (χ0v) is 17.2. The maximum Gasteiger partial charge on any atom is 0.270 e. The molecule has 0 aliphatic heterocycles. The molecule has 142 valence electrons. The number of amides is 1. The maximum atomic E-state index is 12.5. The fraction of sp³-hybridized carbons (Fsp3) is 0.471. The Labute approximate surface area is 158 Å². The van der Waals surface area contributed by atoms with Crippen molar-refractivity contribution in [3.8, 4) is 0 Å². The minimum absolute atomic E-state index is 0.158. The first kappa shape index (κ1) is 20.5. The van der Waals surface area contributed by atoms with Crippen LogP contribution in [-0.4, -0.2) is 24.5 Å². The molecule has 1 heterocycles. The maximum absolute atomic E-state index is 12.5. The van der Waals surface area contributed by atoms with Crippen molar-refractivity contribution in [2.24, 2.45) is 5.41 Å². The van der Waals surface area contributed by atoms with E-state index in [2.05, 4.69) is 27.2 Å². The third kappa shape index (κ3) is 5.09. The second kappa shape index (κ2) is 7.81. The number of hydrogen-bond donors (Lipinski definition) is 2. The van der Waals surface area contributed by atoms with Gasteiger partial charge in [-0.15, -0.1) is 10.2 Å². The number of aromatic nitrogens is 2. The number of hydrogen-bond acceptors (Lipinski definition) is 6. The smallest absolute Gasteiger partial charge is 0.270 e.